The number of aromatic nitrogens is 2. The summed E-state index contributed by atoms with van der Waals surface area (Å²) < 4.78 is 39.0. The van der Waals surface area contributed by atoms with E-state index in [0.717, 1.165) is 6.92 Å². The summed E-state index contributed by atoms with van der Waals surface area (Å²) in [5.74, 6) is -0.552. The van der Waals surface area contributed by atoms with Gasteiger partial charge >= 0.3 is 6.18 Å². The summed E-state index contributed by atoms with van der Waals surface area (Å²) in [5.41, 5.74) is -1.02. The van der Waals surface area contributed by atoms with Gasteiger partial charge in [-0.05, 0) is 13.8 Å². The van der Waals surface area contributed by atoms with Crippen molar-refractivity contribution in [2.75, 3.05) is 5.32 Å². The van der Waals surface area contributed by atoms with Crippen LogP contribution in [0.1, 0.15) is 25.2 Å². The molecular weight excluding hydrogens is 223 g/mol. The highest BCUT2D eigenvalue weighted by Gasteiger charge is 2.38. The van der Waals surface area contributed by atoms with Crippen LogP contribution in [0.3, 0.4) is 0 Å². The third-order valence-electron chi connectivity index (χ3n) is 2.08. The van der Waals surface area contributed by atoms with Crippen molar-refractivity contribution in [3.63, 3.8) is 0 Å². The highest BCUT2D eigenvalue weighted by Crippen LogP contribution is 2.35. The molecule has 1 aromatic rings. The quantitative estimate of drug-likeness (QED) is 0.854. The van der Waals surface area contributed by atoms with Gasteiger partial charge in [-0.25, -0.2) is 0 Å². The molecule has 0 unspecified atom stereocenters. The van der Waals surface area contributed by atoms with Crippen molar-refractivity contribution in [3.05, 3.63) is 11.4 Å². The number of nitrogens with one attached hydrogen (secondary N) is 1. The predicted molar refractivity (Wildman–Crippen MR) is 51.9 cm³/mol. The van der Waals surface area contributed by atoms with Crippen LogP contribution in [0.25, 0.3) is 0 Å². The van der Waals surface area contributed by atoms with Gasteiger partial charge in [-0.2, -0.15) is 18.3 Å². The van der Waals surface area contributed by atoms with Crippen LogP contribution < -0.4 is 5.32 Å². The summed E-state index contributed by atoms with van der Waals surface area (Å²) in [6.45, 7) is 4.63. The first-order valence-electron chi connectivity index (χ1n) is 4.69. The molecule has 0 fully saturated rings. The summed E-state index contributed by atoms with van der Waals surface area (Å²) in [7, 11) is 0. The molecule has 90 valence electrons. The van der Waals surface area contributed by atoms with E-state index in [1.807, 2.05) is 0 Å². The molecule has 1 aromatic heterocycles. The van der Waals surface area contributed by atoms with Gasteiger partial charge in [-0.15, -0.1) is 0 Å². The minimum atomic E-state index is -4.57. The lowest BCUT2D eigenvalue weighted by Crippen LogP contribution is -2.13. The average molecular weight is 235 g/mol. The number of aryl methyl sites for hydroxylation is 1. The molecule has 0 saturated carbocycles. The molecule has 1 rings (SSSR count). The lowest BCUT2D eigenvalue weighted by atomic mass is 10.3. The van der Waals surface area contributed by atoms with Gasteiger partial charge in [0.15, 0.2) is 5.69 Å². The maximum Gasteiger partial charge on any atom is 0.437 e. The maximum absolute atomic E-state index is 12.6. The molecule has 0 bridgehead atoms. The number of hydrogen-bond acceptors (Lipinski definition) is 2. The maximum atomic E-state index is 12.6. The van der Waals surface area contributed by atoms with Gasteiger partial charge in [0.1, 0.15) is 0 Å². The van der Waals surface area contributed by atoms with Crippen LogP contribution in [0, 0.1) is 6.92 Å². The van der Waals surface area contributed by atoms with Crippen LogP contribution in [0.2, 0.25) is 0 Å². The standard InChI is InChI=1S/C9H12F3N3O/c1-4-15-5(2)7(13-6(3)16)8(14-15)9(10,11)12/h4H2,1-3H3,(H,13,16). The van der Waals surface area contributed by atoms with Crippen molar-refractivity contribution in [1.29, 1.82) is 0 Å². The van der Waals surface area contributed by atoms with E-state index in [1.165, 1.54) is 11.6 Å². The number of hydrogen-bond donors (Lipinski definition) is 1. The molecule has 0 aliphatic heterocycles. The Morgan fingerprint density at radius 3 is 2.44 bits per heavy atom. The predicted octanol–water partition coefficient (Wildman–Crippen LogP) is 2.19. The molecule has 0 saturated heterocycles. The Kier molecular flexibility index (Phi) is 3.25. The molecule has 0 aliphatic rings. The van der Waals surface area contributed by atoms with Crippen LogP contribution in [-0.2, 0) is 17.5 Å². The Morgan fingerprint density at radius 1 is 1.50 bits per heavy atom. The van der Waals surface area contributed by atoms with E-state index in [2.05, 4.69) is 10.4 Å². The average Bonchev–Trinajstić information content (AvgIpc) is 2.42. The SMILES string of the molecule is CCn1nc(C(F)(F)F)c(NC(C)=O)c1C. The smallest absolute Gasteiger partial charge is 0.323 e. The van der Waals surface area contributed by atoms with E-state index in [1.54, 1.807) is 6.92 Å². The molecule has 1 amide bonds. The molecule has 7 heteroatoms. The fourth-order valence-corrected chi connectivity index (χ4v) is 1.38. The highest BCUT2D eigenvalue weighted by molar-refractivity contribution is 5.90. The first-order chi connectivity index (χ1) is 7.27. The molecule has 1 heterocycles. The fraction of sp³-hybridized carbons (Fsp3) is 0.556. The third-order valence-corrected chi connectivity index (χ3v) is 2.08. The second kappa shape index (κ2) is 4.15. The van der Waals surface area contributed by atoms with E-state index >= 15 is 0 Å². The topological polar surface area (TPSA) is 46.9 Å². The normalized spacial score (nSPS) is 11.6. The number of rotatable bonds is 2. The Morgan fingerprint density at radius 2 is 2.06 bits per heavy atom. The van der Waals surface area contributed by atoms with Crippen molar-refractivity contribution < 1.29 is 18.0 Å². The highest BCUT2D eigenvalue weighted by atomic mass is 19.4. The van der Waals surface area contributed by atoms with Gasteiger partial charge in [-0.1, -0.05) is 0 Å². The number of anilines is 1. The molecule has 0 aliphatic carbocycles. The van der Waals surface area contributed by atoms with Gasteiger partial charge in [0.2, 0.25) is 5.91 Å². The number of carbonyl (C=O) groups is 1. The van der Waals surface area contributed by atoms with E-state index < -0.39 is 17.8 Å². The lowest BCUT2D eigenvalue weighted by molar-refractivity contribution is -0.140. The second-order valence-electron chi connectivity index (χ2n) is 3.30. The van der Waals surface area contributed by atoms with Crippen LogP contribution in [0.5, 0.6) is 0 Å². The first-order valence-corrected chi connectivity index (χ1v) is 4.69. The van der Waals surface area contributed by atoms with Crippen molar-refractivity contribution in [2.45, 2.75) is 33.5 Å². The Balaban J connectivity index is 3.30. The Hall–Kier alpha value is -1.53. The van der Waals surface area contributed by atoms with E-state index in [0.29, 0.717) is 12.2 Å². The lowest BCUT2D eigenvalue weighted by Gasteiger charge is -2.06. The number of nitrogens with zero attached hydrogens (tertiary/aromatic N) is 2. The number of amides is 1. The van der Waals surface area contributed by atoms with Crippen LogP contribution in [0.4, 0.5) is 18.9 Å². The molecule has 4 nitrogen and oxygen atoms in total. The van der Waals surface area contributed by atoms with Gasteiger partial charge in [0, 0.05) is 13.5 Å². The molecule has 16 heavy (non-hydrogen) atoms. The van der Waals surface area contributed by atoms with Gasteiger partial charge < -0.3 is 5.32 Å². The van der Waals surface area contributed by atoms with E-state index in [4.69, 9.17) is 0 Å². The zero-order chi connectivity index (χ0) is 12.5. The van der Waals surface area contributed by atoms with Crippen molar-refractivity contribution in [3.8, 4) is 0 Å². The van der Waals surface area contributed by atoms with Crippen molar-refractivity contribution in [1.82, 2.24) is 9.78 Å². The molecule has 1 N–H and O–H groups in total. The van der Waals surface area contributed by atoms with Gasteiger partial charge in [0.05, 0.1) is 11.4 Å². The largest absolute Gasteiger partial charge is 0.437 e. The first kappa shape index (κ1) is 12.5. The number of alkyl halides is 3. The summed E-state index contributed by atoms with van der Waals surface area (Å²) in [4.78, 5) is 10.8. The molecule has 0 atom stereocenters. The molecular formula is C9H12F3N3O. The number of halogens is 3. The van der Waals surface area contributed by atoms with Crippen LogP contribution in [-0.4, -0.2) is 15.7 Å². The summed E-state index contributed by atoms with van der Waals surface area (Å²) in [6, 6.07) is 0. The van der Waals surface area contributed by atoms with E-state index in [-0.39, 0.29) is 5.69 Å². The van der Waals surface area contributed by atoms with E-state index in [9.17, 15) is 18.0 Å². The minimum absolute atomic E-state index is 0.262. The minimum Gasteiger partial charge on any atom is -0.323 e. The molecule has 0 radical (unpaired) electrons. The van der Waals surface area contributed by atoms with Gasteiger partial charge in [0.25, 0.3) is 0 Å². The third kappa shape index (κ3) is 2.34. The zero-order valence-electron chi connectivity index (χ0n) is 9.14. The fourth-order valence-electron chi connectivity index (χ4n) is 1.38. The van der Waals surface area contributed by atoms with Gasteiger partial charge in [-0.3, -0.25) is 9.48 Å². The molecule has 0 spiro atoms. The van der Waals surface area contributed by atoms with Crippen molar-refractivity contribution >= 4 is 11.6 Å². The van der Waals surface area contributed by atoms with Crippen LogP contribution >= 0.6 is 0 Å². The summed E-state index contributed by atoms with van der Waals surface area (Å²) >= 11 is 0. The second-order valence-corrected chi connectivity index (χ2v) is 3.30. The van der Waals surface area contributed by atoms with Crippen LogP contribution in [0.15, 0.2) is 0 Å². The summed E-state index contributed by atoms with van der Waals surface area (Å²) in [5, 5.41) is 5.59. The summed E-state index contributed by atoms with van der Waals surface area (Å²) in [6.07, 6.45) is -4.57. The Labute approximate surface area is 90.4 Å². The number of carbonyl (C=O) groups excluding carboxylic acids is 1. The Bertz CT molecular complexity index is 409. The zero-order valence-corrected chi connectivity index (χ0v) is 9.14. The van der Waals surface area contributed by atoms with Crippen molar-refractivity contribution in [2.24, 2.45) is 0 Å². The molecule has 0 aromatic carbocycles. The monoisotopic (exact) mass is 235 g/mol.